The summed E-state index contributed by atoms with van der Waals surface area (Å²) in [5, 5.41) is 6.61. The van der Waals surface area contributed by atoms with Crippen molar-refractivity contribution >= 4 is 17.7 Å². The second kappa shape index (κ2) is 6.64. The molecule has 1 aliphatic heterocycles. The van der Waals surface area contributed by atoms with E-state index in [1.807, 2.05) is 0 Å². The van der Waals surface area contributed by atoms with Crippen LogP contribution in [0.2, 0.25) is 0 Å². The van der Waals surface area contributed by atoms with Gasteiger partial charge in [-0.2, -0.15) is 0 Å². The highest BCUT2D eigenvalue weighted by molar-refractivity contribution is 8.00. The van der Waals surface area contributed by atoms with Crippen molar-refractivity contribution in [1.29, 1.82) is 0 Å². The first kappa shape index (κ1) is 14.0. The Labute approximate surface area is 124 Å². The van der Waals surface area contributed by atoms with Gasteiger partial charge in [-0.05, 0) is 43.4 Å². The molecule has 3 nitrogen and oxygen atoms in total. The van der Waals surface area contributed by atoms with E-state index < -0.39 is 0 Å². The van der Waals surface area contributed by atoms with E-state index in [4.69, 9.17) is 0 Å². The van der Waals surface area contributed by atoms with Crippen molar-refractivity contribution in [2.75, 3.05) is 6.54 Å². The first-order valence-electron chi connectivity index (χ1n) is 7.58. The molecule has 3 rings (SSSR count). The Morgan fingerprint density at radius 1 is 1.25 bits per heavy atom. The highest BCUT2D eigenvalue weighted by atomic mass is 32.2. The summed E-state index contributed by atoms with van der Waals surface area (Å²) in [5.41, 5.74) is 1.32. The lowest BCUT2D eigenvalue weighted by atomic mass is 10.2. The minimum atomic E-state index is 0.0733. The second-order valence-electron chi connectivity index (χ2n) is 5.70. The van der Waals surface area contributed by atoms with E-state index in [0.29, 0.717) is 0 Å². The Hall–Kier alpha value is -1.00. The molecule has 4 heteroatoms. The molecule has 1 saturated heterocycles. The molecule has 0 aromatic heterocycles. The number of carbonyl (C=O) groups is 1. The van der Waals surface area contributed by atoms with Gasteiger partial charge < -0.3 is 10.6 Å². The molecule has 0 bridgehead atoms. The SMILES string of the molecule is O=C1NCCCCC1Sc1cccc(CNC2CC2)c1. The van der Waals surface area contributed by atoms with Crippen LogP contribution in [0.25, 0.3) is 0 Å². The second-order valence-corrected chi connectivity index (χ2v) is 6.97. The smallest absolute Gasteiger partial charge is 0.233 e. The normalized spacial score (nSPS) is 23.2. The van der Waals surface area contributed by atoms with Crippen molar-refractivity contribution < 1.29 is 4.79 Å². The number of hydrogen-bond donors (Lipinski definition) is 2. The van der Waals surface area contributed by atoms with Crippen molar-refractivity contribution in [1.82, 2.24) is 10.6 Å². The molecule has 2 aliphatic rings. The van der Waals surface area contributed by atoms with Crippen LogP contribution in [0.15, 0.2) is 29.2 Å². The maximum Gasteiger partial charge on any atom is 0.233 e. The molecule has 108 valence electrons. The van der Waals surface area contributed by atoms with Gasteiger partial charge in [0.2, 0.25) is 5.91 Å². The zero-order valence-electron chi connectivity index (χ0n) is 11.7. The van der Waals surface area contributed by atoms with E-state index in [-0.39, 0.29) is 11.2 Å². The molecule has 1 aliphatic carbocycles. The number of rotatable bonds is 5. The average Bonchev–Trinajstić information content (AvgIpc) is 3.28. The van der Waals surface area contributed by atoms with E-state index in [2.05, 4.69) is 34.9 Å². The largest absolute Gasteiger partial charge is 0.355 e. The van der Waals surface area contributed by atoms with Gasteiger partial charge in [-0.3, -0.25) is 4.79 Å². The monoisotopic (exact) mass is 290 g/mol. The molecule has 1 saturated carbocycles. The van der Waals surface area contributed by atoms with Crippen molar-refractivity contribution in [3.8, 4) is 0 Å². The number of benzene rings is 1. The standard InChI is InChI=1S/C16H22N2OS/c19-16-15(6-1-2-9-17-16)20-14-5-3-4-12(10-14)11-18-13-7-8-13/h3-5,10,13,15,18H,1-2,6-9,11H2,(H,17,19). The summed E-state index contributed by atoms with van der Waals surface area (Å²) in [5.74, 6) is 0.203. The molecule has 1 unspecified atom stereocenters. The Kier molecular flexibility index (Phi) is 4.63. The topological polar surface area (TPSA) is 41.1 Å². The molecule has 1 aromatic rings. The average molecular weight is 290 g/mol. The van der Waals surface area contributed by atoms with Crippen LogP contribution >= 0.6 is 11.8 Å². The van der Waals surface area contributed by atoms with Crippen LogP contribution < -0.4 is 10.6 Å². The van der Waals surface area contributed by atoms with Gasteiger partial charge in [-0.15, -0.1) is 11.8 Å². The van der Waals surface area contributed by atoms with E-state index in [1.165, 1.54) is 23.3 Å². The number of carbonyl (C=O) groups excluding carboxylic acids is 1. The van der Waals surface area contributed by atoms with Crippen molar-refractivity contribution in [2.45, 2.75) is 54.8 Å². The third-order valence-electron chi connectivity index (χ3n) is 3.83. The molecule has 1 heterocycles. The number of hydrogen-bond acceptors (Lipinski definition) is 3. The van der Waals surface area contributed by atoms with Gasteiger partial charge in [0, 0.05) is 24.0 Å². The first-order chi connectivity index (χ1) is 9.81. The fourth-order valence-corrected chi connectivity index (χ4v) is 3.65. The lowest BCUT2D eigenvalue weighted by Crippen LogP contribution is -2.30. The molecule has 0 spiro atoms. The summed E-state index contributed by atoms with van der Waals surface area (Å²) < 4.78 is 0. The Morgan fingerprint density at radius 2 is 2.15 bits per heavy atom. The number of nitrogens with one attached hydrogen (secondary N) is 2. The van der Waals surface area contributed by atoms with Crippen molar-refractivity contribution in [2.24, 2.45) is 0 Å². The van der Waals surface area contributed by atoms with Gasteiger partial charge in [-0.1, -0.05) is 18.6 Å². The van der Waals surface area contributed by atoms with E-state index in [1.54, 1.807) is 11.8 Å². The van der Waals surface area contributed by atoms with E-state index in [9.17, 15) is 4.79 Å². The predicted octanol–water partition coefficient (Wildman–Crippen LogP) is 2.70. The maximum atomic E-state index is 12.0. The first-order valence-corrected chi connectivity index (χ1v) is 8.46. The minimum Gasteiger partial charge on any atom is -0.355 e. The highest BCUT2D eigenvalue weighted by Gasteiger charge is 2.22. The summed E-state index contributed by atoms with van der Waals surface area (Å²) in [6.07, 6.45) is 5.86. The molecule has 1 amide bonds. The molecule has 1 atom stereocenters. The van der Waals surface area contributed by atoms with Gasteiger partial charge >= 0.3 is 0 Å². The number of amides is 1. The van der Waals surface area contributed by atoms with E-state index >= 15 is 0 Å². The van der Waals surface area contributed by atoms with Crippen LogP contribution in [-0.2, 0) is 11.3 Å². The van der Waals surface area contributed by atoms with Gasteiger partial charge in [-0.25, -0.2) is 0 Å². The van der Waals surface area contributed by atoms with Gasteiger partial charge in [0.1, 0.15) is 0 Å². The molecule has 1 aromatic carbocycles. The number of thioether (sulfide) groups is 1. The van der Waals surface area contributed by atoms with Crippen LogP contribution in [0.1, 0.15) is 37.7 Å². The minimum absolute atomic E-state index is 0.0733. The zero-order chi connectivity index (χ0) is 13.8. The Bertz CT molecular complexity index is 473. The summed E-state index contributed by atoms with van der Waals surface area (Å²) in [6, 6.07) is 9.33. The maximum absolute atomic E-state index is 12.0. The van der Waals surface area contributed by atoms with Crippen LogP contribution in [0.3, 0.4) is 0 Å². The van der Waals surface area contributed by atoms with Crippen LogP contribution in [0, 0.1) is 0 Å². The summed E-state index contributed by atoms with van der Waals surface area (Å²) >= 11 is 1.71. The molecule has 2 N–H and O–H groups in total. The fraction of sp³-hybridized carbons (Fsp3) is 0.562. The van der Waals surface area contributed by atoms with Crippen molar-refractivity contribution in [3.05, 3.63) is 29.8 Å². The highest BCUT2D eigenvalue weighted by Crippen LogP contribution is 2.29. The van der Waals surface area contributed by atoms with E-state index in [0.717, 1.165) is 38.4 Å². The fourth-order valence-electron chi connectivity index (χ4n) is 2.47. The third kappa shape index (κ3) is 4.00. The van der Waals surface area contributed by atoms with Crippen LogP contribution in [-0.4, -0.2) is 23.7 Å². The molecular weight excluding hydrogens is 268 g/mol. The molecule has 20 heavy (non-hydrogen) atoms. The lowest BCUT2D eigenvalue weighted by Gasteiger charge is -2.13. The summed E-state index contributed by atoms with van der Waals surface area (Å²) in [4.78, 5) is 13.2. The quantitative estimate of drug-likeness (QED) is 0.876. The summed E-state index contributed by atoms with van der Waals surface area (Å²) in [7, 11) is 0. The van der Waals surface area contributed by atoms with Crippen molar-refractivity contribution in [3.63, 3.8) is 0 Å². The Balaban J connectivity index is 1.60. The molecule has 0 radical (unpaired) electrons. The molecular formula is C16H22N2OS. The van der Waals surface area contributed by atoms with Gasteiger partial charge in [0.15, 0.2) is 0 Å². The summed E-state index contributed by atoms with van der Waals surface area (Å²) in [6.45, 7) is 1.77. The lowest BCUT2D eigenvalue weighted by molar-refractivity contribution is -0.120. The zero-order valence-corrected chi connectivity index (χ0v) is 12.5. The van der Waals surface area contributed by atoms with Gasteiger partial charge in [0.25, 0.3) is 0 Å². The Morgan fingerprint density at radius 3 is 3.00 bits per heavy atom. The molecule has 2 fully saturated rings. The predicted molar refractivity (Wildman–Crippen MR) is 82.8 cm³/mol. The van der Waals surface area contributed by atoms with Crippen LogP contribution in [0.4, 0.5) is 0 Å². The third-order valence-corrected chi connectivity index (χ3v) is 5.09. The van der Waals surface area contributed by atoms with Gasteiger partial charge in [0.05, 0.1) is 5.25 Å². The van der Waals surface area contributed by atoms with Crippen LogP contribution in [0.5, 0.6) is 0 Å².